The molecule has 1 saturated heterocycles. The van der Waals surface area contributed by atoms with Gasteiger partial charge in [0.15, 0.2) is 0 Å². The van der Waals surface area contributed by atoms with Gasteiger partial charge in [-0.1, -0.05) is 11.8 Å². The normalized spacial score (nSPS) is 15.2. The highest BCUT2D eigenvalue weighted by Crippen LogP contribution is 2.17. The van der Waals surface area contributed by atoms with Gasteiger partial charge in [0.05, 0.1) is 5.56 Å². The van der Waals surface area contributed by atoms with Gasteiger partial charge in [0.1, 0.15) is 12.4 Å². The first kappa shape index (κ1) is 15.5. The van der Waals surface area contributed by atoms with Crippen molar-refractivity contribution in [3.05, 3.63) is 35.1 Å². The molecule has 0 bridgehead atoms. The first-order chi connectivity index (χ1) is 10.1. The van der Waals surface area contributed by atoms with Crippen molar-refractivity contribution in [3.63, 3.8) is 0 Å². The Balaban J connectivity index is 2.13. The number of halogens is 1. The third-order valence-corrected chi connectivity index (χ3v) is 3.58. The van der Waals surface area contributed by atoms with Crippen molar-refractivity contribution in [3.8, 4) is 11.8 Å². The van der Waals surface area contributed by atoms with Crippen molar-refractivity contribution >= 4 is 5.91 Å². The van der Waals surface area contributed by atoms with Gasteiger partial charge < -0.3 is 14.7 Å². The van der Waals surface area contributed by atoms with E-state index in [2.05, 4.69) is 11.8 Å². The second-order valence-electron chi connectivity index (χ2n) is 4.91. The lowest BCUT2D eigenvalue weighted by atomic mass is 10.1. The summed E-state index contributed by atoms with van der Waals surface area (Å²) in [6.07, 6.45) is 1.59. The van der Waals surface area contributed by atoms with Gasteiger partial charge in [-0.05, 0) is 31.0 Å². The molecule has 2 rings (SSSR count). The quantitative estimate of drug-likeness (QED) is 0.838. The van der Waals surface area contributed by atoms with E-state index in [1.54, 1.807) is 18.0 Å². The summed E-state index contributed by atoms with van der Waals surface area (Å²) in [5.41, 5.74) is 0.477. The highest BCUT2D eigenvalue weighted by Gasteiger charge is 2.23. The van der Waals surface area contributed by atoms with Crippen LogP contribution in [0.3, 0.4) is 0 Å². The number of nitrogens with zero attached hydrogens (tertiary/aromatic N) is 1. The fourth-order valence-electron chi connectivity index (χ4n) is 2.33. The average Bonchev–Trinajstić information content (AvgIpc) is 2.53. The molecule has 4 nitrogen and oxygen atoms in total. The number of hydrogen-bond acceptors (Lipinski definition) is 3. The predicted molar refractivity (Wildman–Crippen MR) is 76.3 cm³/mol. The van der Waals surface area contributed by atoms with Crippen LogP contribution in [-0.2, 0) is 4.74 Å². The Morgan fingerprint density at radius 2 is 2.19 bits per heavy atom. The van der Waals surface area contributed by atoms with Gasteiger partial charge >= 0.3 is 0 Å². The molecule has 1 aliphatic rings. The van der Waals surface area contributed by atoms with Crippen molar-refractivity contribution in [2.75, 3.05) is 26.9 Å². The lowest BCUT2D eigenvalue weighted by molar-refractivity contribution is 0.0362. The Hall–Kier alpha value is -1.90. The smallest absolute Gasteiger partial charge is 0.253 e. The number of benzene rings is 1. The molecular weight excluding hydrogens is 273 g/mol. The minimum Gasteiger partial charge on any atom is -0.384 e. The van der Waals surface area contributed by atoms with Crippen LogP contribution in [0, 0.1) is 17.7 Å². The maximum Gasteiger partial charge on any atom is 0.253 e. The molecule has 1 aliphatic heterocycles. The molecule has 1 heterocycles. The van der Waals surface area contributed by atoms with Crippen LogP contribution in [0.25, 0.3) is 0 Å². The molecule has 112 valence electrons. The second-order valence-corrected chi connectivity index (χ2v) is 4.91. The van der Waals surface area contributed by atoms with Crippen LogP contribution in [0.2, 0.25) is 0 Å². The zero-order valence-corrected chi connectivity index (χ0v) is 11.9. The summed E-state index contributed by atoms with van der Waals surface area (Å²) >= 11 is 0. The van der Waals surface area contributed by atoms with Gasteiger partial charge in [-0.2, -0.15) is 0 Å². The summed E-state index contributed by atoms with van der Waals surface area (Å²) in [4.78, 5) is 14.0. The lowest BCUT2D eigenvalue weighted by Crippen LogP contribution is -2.40. The standard InChI is InChI=1S/C16H18FNO3/c1-18(14-6-9-21-10-7-14)16(20)13-5-4-12(3-2-8-19)15(17)11-13/h4-5,11,14,19H,6-10H2,1H3. The summed E-state index contributed by atoms with van der Waals surface area (Å²) < 4.78 is 19.1. The van der Waals surface area contributed by atoms with Crippen LogP contribution >= 0.6 is 0 Å². The first-order valence-corrected chi connectivity index (χ1v) is 6.87. The number of rotatable bonds is 2. The number of aliphatic hydroxyl groups is 1. The van der Waals surface area contributed by atoms with E-state index in [0.29, 0.717) is 18.8 Å². The van der Waals surface area contributed by atoms with Crippen molar-refractivity contribution < 1.29 is 19.0 Å². The average molecular weight is 291 g/mol. The van der Waals surface area contributed by atoms with Crippen LogP contribution < -0.4 is 0 Å². The second kappa shape index (κ2) is 7.21. The lowest BCUT2D eigenvalue weighted by Gasteiger charge is -2.31. The van der Waals surface area contributed by atoms with Crippen molar-refractivity contribution in [2.24, 2.45) is 0 Å². The fourth-order valence-corrected chi connectivity index (χ4v) is 2.33. The monoisotopic (exact) mass is 291 g/mol. The number of ether oxygens (including phenoxy) is 1. The van der Waals surface area contributed by atoms with E-state index in [1.807, 2.05) is 0 Å². The molecule has 1 aromatic rings. The summed E-state index contributed by atoms with van der Waals surface area (Å²) in [6.45, 7) is 0.964. The Labute approximate surface area is 123 Å². The molecule has 5 heteroatoms. The largest absolute Gasteiger partial charge is 0.384 e. The molecule has 0 spiro atoms. The van der Waals surface area contributed by atoms with E-state index in [4.69, 9.17) is 9.84 Å². The minimum absolute atomic E-state index is 0.128. The van der Waals surface area contributed by atoms with Gasteiger partial charge in [0.2, 0.25) is 0 Å². The van der Waals surface area contributed by atoms with E-state index >= 15 is 0 Å². The van der Waals surface area contributed by atoms with Crippen LogP contribution in [-0.4, -0.2) is 48.8 Å². The Kier molecular flexibility index (Phi) is 5.32. The van der Waals surface area contributed by atoms with Crippen LogP contribution in [0.4, 0.5) is 4.39 Å². The van der Waals surface area contributed by atoms with E-state index in [0.717, 1.165) is 12.8 Å². The maximum absolute atomic E-state index is 13.9. The van der Waals surface area contributed by atoms with E-state index in [1.165, 1.54) is 12.1 Å². The molecule has 0 aromatic heterocycles. The van der Waals surface area contributed by atoms with E-state index in [-0.39, 0.29) is 24.1 Å². The SMILES string of the molecule is CN(C(=O)c1ccc(C#CCO)c(F)c1)C1CCOCC1. The fraction of sp³-hybridized carbons (Fsp3) is 0.438. The molecule has 21 heavy (non-hydrogen) atoms. The molecule has 0 radical (unpaired) electrons. The van der Waals surface area contributed by atoms with Gasteiger partial charge in [-0.25, -0.2) is 4.39 Å². The number of carbonyl (C=O) groups is 1. The van der Waals surface area contributed by atoms with Crippen molar-refractivity contribution in [2.45, 2.75) is 18.9 Å². The van der Waals surface area contributed by atoms with Gasteiger partial charge in [0.25, 0.3) is 5.91 Å². The van der Waals surface area contributed by atoms with Crippen LogP contribution in [0.15, 0.2) is 18.2 Å². The summed E-state index contributed by atoms with van der Waals surface area (Å²) in [6, 6.07) is 4.34. The maximum atomic E-state index is 13.9. The highest BCUT2D eigenvalue weighted by atomic mass is 19.1. The number of hydrogen-bond donors (Lipinski definition) is 1. The molecule has 1 fully saturated rings. The summed E-state index contributed by atoms with van der Waals surface area (Å²) in [7, 11) is 1.73. The molecule has 0 aliphatic carbocycles. The Bertz CT molecular complexity index is 571. The highest BCUT2D eigenvalue weighted by molar-refractivity contribution is 5.94. The molecule has 0 saturated carbocycles. The molecule has 1 aromatic carbocycles. The Morgan fingerprint density at radius 1 is 1.48 bits per heavy atom. The van der Waals surface area contributed by atoms with Gasteiger partial charge in [-0.15, -0.1) is 0 Å². The van der Waals surface area contributed by atoms with Crippen LogP contribution in [0.5, 0.6) is 0 Å². The zero-order valence-electron chi connectivity index (χ0n) is 11.9. The zero-order chi connectivity index (χ0) is 15.2. The number of carbonyl (C=O) groups excluding carboxylic acids is 1. The summed E-state index contributed by atoms with van der Waals surface area (Å²) in [5.74, 6) is 4.13. The molecule has 0 atom stereocenters. The molecule has 1 amide bonds. The molecule has 0 unspecified atom stereocenters. The summed E-state index contributed by atoms with van der Waals surface area (Å²) in [5, 5.41) is 8.61. The van der Waals surface area contributed by atoms with E-state index in [9.17, 15) is 9.18 Å². The van der Waals surface area contributed by atoms with Gasteiger partial charge in [-0.3, -0.25) is 4.79 Å². The third-order valence-electron chi connectivity index (χ3n) is 3.58. The van der Waals surface area contributed by atoms with Crippen LogP contribution in [0.1, 0.15) is 28.8 Å². The van der Waals surface area contributed by atoms with Crippen molar-refractivity contribution in [1.82, 2.24) is 4.90 Å². The first-order valence-electron chi connectivity index (χ1n) is 6.87. The van der Waals surface area contributed by atoms with Gasteiger partial charge in [0, 0.05) is 31.9 Å². The number of amides is 1. The number of aliphatic hydroxyl groups excluding tert-OH is 1. The molecular formula is C16H18FNO3. The topological polar surface area (TPSA) is 49.8 Å². The third kappa shape index (κ3) is 3.81. The predicted octanol–water partition coefficient (Wildman–Crippen LogP) is 1.42. The van der Waals surface area contributed by atoms with E-state index < -0.39 is 5.82 Å². The van der Waals surface area contributed by atoms with Crippen molar-refractivity contribution in [1.29, 1.82) is 0 Å². The minimum atomic E-state index is -0.554. The molecule has 1 N–H and O–H groups in total. The Morgan fingerprint density at radius 3 is 2.81 bits per heavy atom.